The van der Waals surface area contributed by atoms with Gasteiger partial charge in [0.05, 0.1) is 32.7 Å². The Morgan fingerprint density at radius 2 is 2.27 bits per heavy atom. The number of carbonyl (C=O) groups is 1. The van der Waals surface area contributed by atoms with E-state index in [1.807, 2.05) is 11.4 Å². The molecule has 0 bridgehead atoms. The first-order valence-corrected chi connectivity index (χ1v) is 6.16. The van der Waals surface area contributed by atoms with Crippen LogP contribution >= 0.6 is 11.3 Å². The Bertz CT molecular complexity index is 320. The largest absolute Gasteiger partial charge is 0.346 e. The molecule has 0 radical (unpaired) electrons. The van der Waals surface area contributed by atoms with Crippen molar-refractivity contribution in [1.29, 1.82) is 0 Å². The van der Waals surface area contributed by atoms with Crippen molar-refractivity contribution in [2.75, 3.05) is 27.2 Å². The lowest BCUT2D eigenvalue weighted by molar-refractivity contribution is -0.856. The molecule has 1 amide bonds. The third-order valence-corrected chi connectivity index (χ3v) is 3.26. The molecule has 0 atom stereocenters. The van der Waals surface area contributed by atoms with Crippen LogP contribution in [-0.4, -0.2) is 33.1 Å². The number of nitrogens with one attached hydrogen (secondary N) is 2. The third kappa shape index (κ3) is 4.01. The van der Waals surface area contributed by atoms with Crippen LogP contribution in [0.2, 0.25) is 0 Å². The molecule has 4 heteroatoms. The van der Waals surface area contributed by atoms with E-state index in [0.717, 1.165) is 25.1 Å². The van der Waals surface area contributed by atoms with Gasteiger partial charge in [-0.15, -0.1) is 11.3 Å². The van der Waals surface area contributed by atoms with Gasteiger partial charge < -0.3 is 10.2 Å². The molecule has 1 aromatic heterocycles. The fraction of sp³-hybridized carbons (Fsp3) is 0.545. The number of hydrogen-bond donors (Lipinski definition) is 2. The highest BCUT2D eigenvalue weighted by Gasteiger charge is 2.07. The molecule has 0 spiro atoms. The molecule has 3 nitrogen and oxygen atoms in total. The molecule has 1 rings (SSSR count). The maximum absolute atomic E-state index is 11.6. The fourth-order valence-electron chi connectivity index (χ4n) is 1.21. The zero-order valence-electron chi connectivity index (χ0n) is 9.59. The Kier molecular flexibility index (Phi) is 4.78. The average Bonchev–Trinajstić information content (AvgIpc) is 2.65. The molecule has 15 heavy (non-hydrogen) atoms. The Labute approximate surface area is 95.1 Å². The standard InChI is InChI=1S/C11H18N2OS/c1-4-10-7-9(8-15-10)11(14)12-5-6-13(2)3/h7-8H,4-6H2,1-3H3,(H,12,14)/p+1. The minimum atomic E-state index is 0.0483. The second-order valence-corrected chi connectivity index (χ2v) is 4.86. The fourth-order valence-corrected chi connectivity index (χ4v) is 2.03. The van der Waals surface area contributed by atoms with Gasteiger partial charge in [0, 0.05) is 10.3 Å². The Morgan fingerprint density at radius 3 is 2.80 bits per heavy atom. The lowest BCUT2D eigenvalue weighted by Crippen LogP contribution is -3.06. The maximum atomic E-state index is 11.6. The van der Waals surface area contributed by atoms with E-state index in [1.54, 1.807) is 11.3 Å². The number of quaternary nitrogens is 1. The molecule has 0 saturated carbocycles. The van der Waals surface area contributed by atoms with Crippen LogP contribution in [0.4, 0.5) is 0 Å². The first kappa shape index (κ1) is 12.2. The summed E-state index contributed by atoms with van der Waals surface area (Å²) < 4.78 is 0. The van der Waals surface area contributed by atoms with Gasteiger partial charge in [0.15, 0.2) is 0 Å². The minimum absolute atomic E-state index is 0.0483. The van der Waals surface area contributed by atoms with Crippen LogP contribution < -0.4 is 10.2 Å². The van der Waals surface area contributed by atoms with Crippen LogP contribution in [0.1, 0.15) is 22.2 Å². The summed E-state index contributed by atoms with van der Waals surface area (Å²) in [5.41, 5.74) is 0.797. The van der Waals surface area contributed by atoms with Gasteiger partial charge in [0.2, 0.25) is 0 Å². The Hall–Kier alpha value is -0.870. The van der Waals surface area contributed by atoms with Gasteiger partial charge in [-0.1, -0.05) is 6.92 Å². The number of carbonyl (C=O) groups excluding carboxylic acids is 1. The van der Waals surface area contributed by atoms with E-state index in [4.69, 9.17) is 0 Å². The second kappa shape index (κ2) is 5.88. The Balaban J connectivity index is 2.40. The second-order valence-electron chi connectivity index (χ2n) is 3.87. The molecular formula is C11H19N2OS+. The summed E-state index contributed by atoms with van der Waals surface area (Å²) in [5, 5.41) is 4.84. The van der Waals surface area contributed by atoms with E-state index in [9.17, 15) is 4.79 Å². The minimum Gasteiger partial charge on any atom is -0.346 e. The van der Waals surface area contributed by atoms with Crippen LogP contribution in [0, 0.1) is 0 Å². The van der Waals surface area contributed by atoms with E-state index in [2.05, 4.69) is 26.3 Å². The molecule has 0 aliphatic carbocycles. The normalized spacial score (nSPS) is 10.7. The molecule has 0 saturated heterocycles. The predicted octanol–water partition coefficient (Wildman–Crippen LogP) is 0.185. The van der Waals surface area contributed by atoms with Crippen molar-refractivity contribution >= 4 is 17.2 Å². The topological polar surface area (TPSA) is 33.5 Å². The van der Waals surface area contributed by atoms with E-state index < -0.39 is 0 Å². The van der Waals surface area contributed by atoms with Gasteiger partial charge in [-0.3, -0.25) is 4.79 Å². The molecule has 0 aromatic carbocycles. The van der Waals surface area contributed by atoms with Gasteiger partial charge >= 0.3 is 0 Å². The van der Waals surface area contributed by atoms with E-state index in [-0.39, 0.29) is 5.91 Å². The monoisotopic (exact) mass is 227 g/mol. The molecular weight excluding hydrogens is 208 g/mol. The van der Waals surface area contributed by atoms with Crippen molar-refractivity contribution in [1.82, 2.24) is 5.32 Å². The predicted molar refractivity (Wildman–Crippen MR) is 63.7 cm³/mol. The summed E-state index contributed by atoms with van der Waals surface area (Å²) in [6.07, 6.45) is 1.000. The average molecular weight is 227 g/mol. The lowest BCUT2D eigenvalue weighted by Gasteiger charge is -2.07. The zero-order chi connectivity index (χ0) is 11.3. The zero-order valence-corrected chi connectivity index (χ0v) is 10.4. The van der Waals surface area contributed by atoms with E-state index in [1.165, 1.54) is 9.78 Å². The molecule has 0 aliphatic rings. The number of aryl methyl sites for hydroxylation is 1. The summed E-state index contributed by atoms with van der Waals surface area (Å²) >= 11 is 1.65. The molecule has 1 heterocycles. The number of likely N-dealkylation sites (N-methyl/N-ethyl adjacent to an activating group) is 1. The van der Waals surface area contributed by atoms with Crippen molar-refractivity contribution in [2.45, 2.75) is 13.3 Å². The van der Waals surface area contributed by atoms with Gasteiger partial charge in [-0.25, -0.2) is 0 Å². The summed E-state index contributed by atoms with van der Waals surface area (Å²) in [6.45, 7) is 3.79. The maximum Gasteiger partial charge on any atom is 0.252 e. The van der Waals surface area contributed by atoms with Crippen LogP contribution in [-0.2, 0) is 6.42 Å². The first-order valence-electron chi connectivity index (χ1n) is 5.28. The third-order valence-electron chi connectivity index (χ3n) is 2.17. The van der Waals surface area contributed by atoms with Gasteiger partial charge in [-0.05, 0) is 12.5 Å². The number of thiophene rings is 1. The van der Waals surface area contributed by atoms with E-state index >= 15 is 0 Å². The molecule has 0 unspecified atom stereocenters. The van der Waals surface area contributed by atoms with Crippen LogP contribution in [0.15, 0.2) is 11.4 Å². The van der Waals surface area contributed by atoms with Crippen molar-refractivity contribution < 1.29 is 9.69 Å². The smallest absolute Gasteiger partial charge is 0.252 e. The quantitative estimate of drug-likeness (QED) is 0.739. The van der Waals surface area contributed by atoms with Gasteiger partial charge in [0.25, 0.3) is 5.91 Å². The molecule has 0 aliphatic heterocycles. The van der Waals surface area contributed by atoms with Gasteiger partial charge in [-0.2, -0.15) is 0 Å². The highest BCUT2D eigenvalue weighted by atomic mass is 32.1. The van der Waals surface area contributed by atoms with Crippen LogP contribution in [0.3, 0.4) is 0 Å². The van der Waals surface area contributed by atoms with Crippen molar-refractivity contribution in [3.05, 3.63) is 21.9 Å². The van der Waals surface area contributed by atoms with Crippen LogP contribution in [0.5, 0.6) is 0 Å². The summed E-state index contributed by atoms with van der Waals surface area (Å²) in [5.74, 6) is 0.0483. The van der Waals surface area contributed by atoms with Gasteiger partial charge in [0.1, 0.15) is 0 Å². The number of rotatable bonds is 5. The number of hydrogen-bond acceptors (Lipinski definition) is 2. The van der Waals surface area contributed by atoms with Crippen molar-refractivity contribution in [2.24, 2.45) is 0 Å². The molecule has 0 fully saturated rings. The lowest BCUT2D eigenvalue weighted by atomic mass is 10.2. The summed E-state index contributed by atoms with van der Waals surface area (Å²) in [7, 11) is 4.15. The van der Waals surface area contributed by atoms with Crippen molar-refractivity contribution in [3.8, 4) is 0 Å². The highest BCUT2D eigenvalue weighted by molar-refractivity contribution is 7.10. The molecule has 1 aromatic rings. The molecule has 84 valence electrons. The number of amides is 1. The molecule has 2 N–H and O–H groups in total. The van der Waals surface area contributed by atoms with Crippen molar-refractivity contribution in [3.63, 3.8) is 0 Å². The summed E-state index contributed by atoms with van der Waals surface area (Å²) in [4.78, 5) is 14.2. The first-order chi connectivity index (χ1) is 7.13. The summed E-state index contributed by atoms with van der Waals surface area (Å²) in [6, 6.07) is 1.97. The van der Waals surface area contributed by atoms with Crippen LogP contribution in [0.25, 0.3) is 0 Å². The van der Waals surface area contributed by atoms with E-state index in [0.29, 0.717) is 0 Å². The SMILES string of the molecule is CCc1cc(C(=O)NCC[NH+](C)C)cs1. The Morgan fingerprint density at radius 1 is 1.53 bits per heavy atom. The highest BCUT2D eigenvalue weighted by Crippen LogP contribution is 2.14.